The molecule has 19 heavy (non-hydrogen) atoms. The minimum Gasteiger partial charge on any atom is -0.481 e. The molecule has 1 aromatic carbocycles. The Kier molecular flexibility index (Phi) is 5.10. The molecule has 0 fully saturated rings. The van der Waals surface area contributed by atoms with Gasteiger partial charge in [0.05, 0.1) is 12.3 Å². The van der Waals surface area contributed by atoms with Gasteiger partial charge in [-0.3, -0.25) is 9.59 Å². The molecule has 0 aliphatic carbocycles. The highest BCUT2D eigenvalue weighted by Crippen LogP contribution is 2.30. The lowest BCUT2D eigenvalue weighted by atomic mass is 9.79. The van der Waals surface area contributed by atoms with Crippen LogP contribution in [0.2, 0.25) is 0 Å². The normalized spacial score (nSPS) is 12.8. The third-order valence-electron chi connectivity index (χ3n) is 2.93. The van der Waals surface area contributed by atoms with Crippen LogP contribution in [0.3, 0.4) is 0 Å². The van der Waals surface area contributed by atoms with Crippen molar-refractivity contribution in [2.24, 2.45) is 11.3 Å². The maximum absolute atomic E-state index is 12.0. The summed E-state index contributed by atoms with van der Waals surface area (Å²) in [7, 11) is 0. The summed E-state index contributed by atoms with van der Waals surface area (Å²) in [5, 5.41) is 8.87. The zero-order valence-corrected chi connectivity index (χ0v) is 11.6. The first-order chi connectivity index (χ1) is 8.80. The van der Waals surface area contributed by atoms with Gasteiger partial charge < -0.3 is 9.84 Å². The van der Waals surface area contributed by atoms with Crippen LogP contribution in [0.15, 0.2) is 30.3 Å². The van der Waals surface area contributed by atoms with Crippen molar-refractivity contribution in [1.82, 2.24) is 0 Å². The van der Waals surface area contributed by atoms with Crippen molar-refractivity contribution < 1.29 is 19.4 Å². The fourth-order valence-corrected chi connectivity index (χ4v) is 1.75. The van der Waals surface area contributed by atoms with Gasteiger partial charge in [0, 0.05) is 0 Å². The van der Waals surface area contributed by atoms with Crippen LogP contribution in [-0.2, 0) is 20.9 Å². The molecular formula is C15H20O4. The number of hydrogen-bond donors (Lipinski definition) is 1. The summed E-state index contributed by atoms with van der Waals surface area (Å²) >= 11 is 0. The summed E-state index contributed by atoms with van der Waals surface area (Å²) in [5.74, 6) is -2.09. The van der Waals surface area contributed by atoms with E-state index in [1.54, 1.807) is 0 Å². The summed E-state index contributed by atoms with van der Waals surface area (Å²) in [6, 6.07) is 9.32. The molecule has 4 nitrogen and oxygen atoms in total. The Morgan fingerprint density at radius 1 is 1.21 bits per heavy atom. The molecule has 4 heteroatoms. The number of aliphatic carboxylic acids is 1. The Hall–Kier alpha value is -1.84. The van der Waals surface area contributed by atoms with Gasteiger partial charge in [-0.05, 0) is 11.0 Å². The zero-order valence-electron chi connectivity index (χ0n) is 11.6. The van der Waals surface area contributed by atoms with E-state index in [0.717, 1.165) is 5.56 Å². The fourth-order valence-electron chi connectivity index (χ4n) is 1.75. The maximum atomic E-state index is 12.0. The molecule has 1 aromatic rings. The number of carbonyl (C=O) groups is 2. The van der Waals surface area contributed by atoms with Gasteiger partial charge in [-0.2, -0.15) is 0 Å². The first-order valence-electron chi connectivity index (χ1n) is 6.23. The van der Waals surface area contributed by atoms with Crippen molar-refractivity contribution in [3.8, 4) is 0 Å². The largest absolute Gasteiger partial charge is 0.481 e. The quantitative estimate of drug-likeness (QED) is 0.830. The Labute approximate surface area is 113 Å². The second-order valence-electron chi connectivity index (χ2n) is 5.61. The minimum atomic E-state index is -0.989. The molecule has 0 spiro atoms. The molecule has 0 heterocycles. The molecule has 104 valence electrons. The highest BCUT2D eigenvalue weighted by Gasteiger charge is 2.34. The van der Waals surface area contributed by atoms with Crippen LogP contribution in [0.1, 0.15) is 32.8 Å². The van der Waals surface area contributed by atoms with Crippen LogP contribution in [-0.4, -0.2) is 17.0 Å². The molecule has 0 aliphatic heterocycles. The Bertz CT molecular complexity index is 431. The second-order valence-corrected chi connectivity index (χ2v) is 5.61. The Morgan fingerprint density at radius 3 is 2.26 bits per heavy atom. The average molecular weight is 264 g/mol. The van der Waals surface area contributed by atoms with Gasteiger partial charge in [-0.1, -0.05) is 51.1 Å². The van der Waals surface area contributed by atoms with Crippen LogP contribution < -0.4 is 0 Å². The average Bonchev–Trinajstić information content (AvgIpc) is 2.33. The lowest BCUT2D eigenvalue weighted by Crippen LogP contribution is -2.32. The summed E-state index contributed by atoms with van der Waals surface area (Å²) in [4.78, 5) is 22.8. The van der Waals surface area contributed by atoms with Crippen molar-refractivity contribution in [2.75, 3.05) is 0 Å². The number of rotatable bonds is 5. The first kappa shape index (κ1) is 15.2. The fraction of sp³-hybridized carbons (Fsp3) is 0.467. The zero-order chi connectivity index (χ0) is 14.5. The lowest BCUT2D eigenvalue weighted by Gasteiger charge is -2.27. The van der Waals surface area contributed by atoms with E-state index in [1.165, 1.54) is 0 Å². The highest BCUT2D eigenvalue weighted by atomic mass is 16.5. The maximum Gasteiger partial charge on any atom is 0.310 e. The predicted octanol–water partition coefficient (Wildman–Crippen LogP) is 2.87. The van der Waals surface area contributed by atoms with Gasteiger partial charge in [0.1, 0.15) is 6.61 Å². The molecule has 0 bridgehead atoms. The van der Waals surface area contributed by atoms with E-state index in [1.807, 2.05) is 51.1 Å². The van der Waals surface area contributed by atoms with Gasteiger partial charge in [0.2, 0.25) is 0 Å². The van der Waals surface area contributed by atoms with Gasteiger partial charge in [-0.25, -0.2) is 0 Å². The summed E-state index contributed by atoms with van der Waals surface area (Å²) in [5.41, 5.74) is 0.449. The summed E-state index contributed by atoms with van der Waals surface area (Å²) < 4.78 is 5.22. The van der Waals surface area contributed by atoms with Crippen LogP contribution in [0.4, 0.5) is 0 Å². The molecule has 0 saturated heterocycles. The van der Waals surface area contributed by atoms with Crippen molar-refractivity contribution in [2.45, 2.75) is 33.8 Å². The Morgan fingerprint density at radius 2 is 1.79 bits per heavy atom. The van der Waals surface area contributed by atoms with Gasteiger partial charge in [0.15, 0.2) is 0 Å². The molecular weight excluding hydrogens is 244 g/mol. The molecule has 1 atom stereocenters. The van der Waals surface area contributed by atoms with Crippen molar-refractivity contribution >= 4 is 11.9 Å². The minimum absolute atomic E-state index is 0.172. The van der Waals surface area contributed by atoms with Crippen molar-refractivity contribution in [1.29, 1.82) is 0 Å². The number of carboxylic acid groups (broad SMARTS) is 1. The molecule has 1 rings (SSSR count). The number of hydrogen-bond acceptors (Lipinski definition) is 3. The monoisotopic (exact) mass is 264 g/mol. The van der Waals surface area contributed by atoms with Gasteiger partial charge in [-0.15, -0.1) is 0 Å². The summed E-state index contributed by atoms with van der Waals surface area (Å²) in [6.45, 7) is 5.69. The number of carbonyl (C=O) groups excluding carboxylic acids is 1. The molecule has 0 amide bonds. The third kappa shape index (κ3) is 5.12. The lowest BCUT2D eigenvalue weighted by molar-refractivity contribution is -0.158. The van der Waals surface area contributed by atoms with E-state index in [2.05, 4.69) is 0 Å². The van der Waals surface area contributed by atoms with E-state index >= 15 is 0 Å². The van der Waals surface area contributed by atoms with Crippen molar-refractivity contribution in [3.63, 3.8) is 0 Å². The highest BCUT2D eigenvalue weighted by molar-refractivity contribution is 5.79. The van der Waals surface area contributed by atoms with E-state index < -0.39 is 23.3 Å². The SMILES string of the molecule is CC(C)(C)[C@@H](CC(=O)O)C(=O)OCc1ccccc1. The summed E-state index contributed by atoms with van der Waals surface area (Å²) in [6.07, 6.45) is -0.211. The van der Waals surface area contributed by atoms with E-state index in [9.17, 15) is 9.59 Å². The molecule has 0 saturated carbocycles. The smallest absolute Gasteiger partial charge is 0.310 e. The standard InChI is InChI=1S/C15H20O4/c1-15(2,3)12(9-13(16)17)14(18)19-10-11-7-5-4-6-8-11/h4-8,12H,9-10H2,1-3H3,(H,16,17)/t12-/m0/s1. The Balaban J connectivity index is 2.65. The number of carboxylic acids is 1. The van der Waals surface area contributed by atoms with Gasteiger partial charge >= 0.3 is 11.9 Å². The van der Waals surface area contributed by atoms with Crippen LogP contribution in [0.5, 0.6) is 0 Å². The van der Waals surface area contributed by atoms with Crippen molar-refractivity contribution in [3.05, 3.63) is 35.9 Å². The van der Waals surface area contributed by atoms with E-state index in [-0.39, 0.29) is 13.0 Å². The van der Waals surface area contributed by atoms with E-state index in [0.29, 0.717) is 0 Å². The topological polar surface area (TPSA) is 63.6 Å². The third-order valence-corrected chi connectivity index (χ3v) is 2.93. The van der Waals surface area contributed by atoms with Crippen LogP contribution in [0.25, 0.3) is 0 Å². The molecule has 1 N–H and O–H groups in total. The number of ether oxygens (including phenoxy) is 1. The molecule has 0 aliphatic rings. The first-order valence-corrected chi connectivity index (χ1v) is 6.23. The second kappa shape index (κ2) is 6.36. The molecule has 0 radical (unpaired) electrons. The van der Waals surface area contributed by atoms with E-state index in [4.69, 9.17) is 9.84 Å². The number of benzene rings is 1. The van der Waals surface area contributed by atoms with Gasteiger partial charge in [0.25, 0.3) is 0 Å². The predicted molar refractivity (Wildman–Crippen MR) is 71.4 cm³/mol. The molecule has 0 unspecified atom stereocenters. The van der Waals surface area contributed by atoms with Crippen LogP contribution >= 0.6 is 0 Å². The molecule has 0 aromatic heterocycles. The number of esters is 1. The van der Waals surface area contributed by atoms with Crippen LogP contribution in [0, 0.1) is 11.3 Å².